The molecule has 4 nitrogen and oxygen atoms in total. The fraction of sp³-hybridized carbons (Fsp3) is 0.318. The van der Waals surface area contributed by atoms with E-state index in [0.717, 1.165) is 53.3 Å². The van der Waals surface area contributed by atoms with Crippen molar-refractivity contribution < 1.29 is 14.3 Å². The zero-order valence-corrected chi connectivity index (χ0v) is 15.2. The fourth-order valence-corrected chi connectivity index (χ4v) is 4.05. The van der Waals surface area contributed by atoms with Gasteiger partial charge in [0, 0.05) is 24.6 Å². The maximum Gasteiger partial charge on any atom is 0.167 e. The Balaban J connectivity index is 1.87. The minimum absolute atomic E-state index is 0.226. The summed E-state index contributed by atoms with van der Waals surface area (Å²) >= 11 is 0. The topological polar surface area (TPSA) is 38.8 Å². The number of ketones is 1. The monoisotopic (exact) mass is 349 g/mol. The SMILES string of the molecule is COc1ccc(C2=C(c3ccc(OC)cc3)N3CCC[C@@H]3CC2=O)cc1. The first-order valence-corrected chi connectivity index (χ1v) is 9.04. The van der Waals surface area contributed by atoms with Crippen LogP contribution in [0.5, 0.6) is 11.5 Å². The molecule has 0 saturated carbocycles. The largest absolute Gasteiger partial charge is 0.497 e. The second-order valence-electron chi connectivity index (χ2n) is 6.80. The minimum Gasteiger partial charge on any atom is -0.497 e. The van der Waals surface area contributed by atoms with Crippen molar-refractivity contribution >= 4 is 17.1 Å². The molecule has 26 heavy (non-hydrogen) atoms. The number of rotatable bonds is 4. The van der Waals surface area contributed by atoms with Gasteiger partial charge in [-0.3, -0.25) is 4.79 Å². The molecule has 0 bridgehead atoms. The molecule has 2 aromatic carbocycles. The van der Waals surface area contributed by atoms with Gasteiger partial charge in [0.05, 0.1) is 19.9 Å². The maximum absolute atomic E-state index is 13.1. The highest BCUT2D eigenvalue weighted by Gasteiger charge is 2.37. The van der Waals surface area contributed by atoms with Gasteiger partial charge in [-0.05, 0) is 60.4 Å². The number of hydrogen-bond donors (Lipinski definition) is 0. The molecule has 1 fully saturated rings. The van der Waals surface area contributed by atoms with E-state index >= 15 is 0 Å². The molecule has 2 aliphatic rings. The first kappa shape index (κ1) is 16.7. The summed E-state index contributed by atoms with van der Waals surface area (Å²) in [6.45, 7) is 0.999. The Kier molecular flexibility index (Phi) is 4.41. The van der Waals surface area contributed by atoms with E-state index in [-0.39, 0.29) is 5.78 Å². The number of allylic oxidation sites excluding steroid dienone is 1. The van der Waals surface area contributed by atoms with E-state index in [1.807, 2.05) is 48.5 Å². The molecule has 1 atom stereocenters. The summed E-state index contributed by atoms with van der Waals surface area (Å²) < 4.78 is 10.6. The fourth-order valence-electron chi connectivity index (χ4n) is 4.05. The van der Waals surface area contributed by atoms with E-state index < -0.39 is 0 Å². The molecule has 1 saturated heterocycles. The first-order chi connectivity index (χ1) is 12.7. The normalized spacial score (nSPS) is 19.5. The van der Waals surface area contributed by atoms with Gasteiger partial charge in [-0.1, -0.05) is 12.1 Å². The highest BCUT2D eigenvalue weighted by Crippen LogP contribution is 2.41. The Hall–Kier alpha value is -2.75. The lowest BCUT2D eigenvalue weighted by atomic mass is 9.88. The van der Waals surface area contributed by atoms with Crippen LogP contribution in [0, 0.1) is 0 Å². The van der Waals surface area contributed by atoms with E-state index in [1.165, 1.54) is 0 Å². The lowest BCUT2D eigenvalue weighted by Crippen LogP contribution is -2.36. The second kappa shape index (κ2) is 6.87. The molecule has 0 unspecified atom stereocenters. The van der Waals surface area contributed by atoms with Crippen LogP contribution < -0.4 is 9.47 Å². The smallest absolute Gasteiger partial charge is 0.167 e. The van der Waals surface area contributed by atoms with Crippen LogP contribution in [0.25, 0.3) is 11.3 Å². The van der Waals surface area contributed by atoms with Crippen molar-refractivity contribution in [1.82, 2.24) is 4.90 Å². The number of methoxy groups -OCH3 is 2. The second-order valence-corrected chi connectivity index (χ2v) is 6.80. The van der Waals surface area contributed by atoms with Crippen molar-refractivity contribution in [2.24, 2.45) is 0 Å². The summed E-state index contributed by atoms with van der Waals surface area (Å²) in [5, 5.41) is 0. The summed E-state index contributed by atoms with van der Waals surface area (Å²) in [5.41, 5.74) is 3.89. The third kappa shape index (κ3) is 2.85. The zero-order valence-electron chi connectivity index (χ0n) is 15.2. The molecular weight excluding hydrogens is 326 g/mol. The Morgan fingerprint density at radius 2 is 1.46 bits per heavy atom. The molecule has 4 heteroatoms. The van der Waals surface area contributed by atoms with Crippen molar-refractivity contribution in [2.75, 3.05) is 20.8 Å². The molecule has 0 radical (unpaired) electrons. The van der Waals surface area contributed by atoms with Gasteiger partial charge >= 0.3 is 0 Å². The summed E-state index contributed by atoms with van der Waals surface area (Å²) in [4.78, 5) is 15.5. The predicted octanol–water partition coefficient (Wildman–Crippen LogP) is 4.01. The van der Waals surface area contributed by atoms with Crippen LogP contribution in [0.1, 0.15) is 30.4 Å². The molecule has 0 aromatic heterocycles. The Bertz CT molecular complexity index is 837. The van der Waals surface area contributed by atoms with Crippen LogP contribution >= 0.6 is 0 Å². The molecule has 0 N–H and O–H groups in total. The van der Waals surface area contributed by atoms with Crippen molar-refractivity contribution in [1.29, 1.82) is 0 Å². The predicted molar refractivity (Wildman–Crippen MR) is 102 cm³/mol. The zero-order chi connectivity index (χ0) is 18.1. The van der Waals surface area contributed by atoms with Gasteiger partial charge in [-0.15, -0.1) is 0 Å². The molecule has 2 heterocycles. The Labute approximate surface area is 154 Å². The number of Topliss-reactive ketones (excluding diaryl/α,β-unsaturated/α-hetero) is 1. The van der Waals surface area contributed by atoms with E-state index in [9.17, 15) is 4.79 Å². The van der Waals surface area contributed by atoms with Gasteiger partial charge in [-0.2, -0.15) is 0 Å². The standard InChI is InChI=1S/C22H23NO3/c1-25-18-9-5-15(6-10-18)21-20(24)14-17-4-3-13-23(17)22(21)16-7-11-19(26-2)12-8-16/h5-12,17H,3-4,13-14H2,1-2H3/t17-/m1/s1. The quantitative estimate of drug-likeness (QED) is 0.836. The number of fused-ring (bicyclic) bond motifs is 1. The summed E-state index contributed by atoms with van der Waals surface area (Å²) in [5.74, 6) is 1.84. The third-order valence-corrected chi connectivity index (χ3v) is 5.34. The van der Waals surface area contributed by atoms with E-state index in [2.05, 4.69) is 4.90 Å². The average Bonchev–Trinajstić information content (AvgIpc) is 3.15. The van der Waals surface area contributed by atoms with E-state index in [4.69, 9.17) is 9.47 Å². The number of hydrogen-bond acceptors (Lipinski definition) is 4. The lowest BCUT2D eigenvalue weighted by molar-refractivity contribution is -0.114. The lowest BCUT2D eigenvalue weighted by Gasteiger charge is -2.35. The molecule has 4 rings (SSSR count). The van der Waals surface area contributed by atoms with Crippen molar-refractivity contribution in [3.05, 3.63) is 59.7 Å². The Morgan fingerprint density at radius 3 is 2.04 bits per heavy atom. The van der Waals surface area contributed by atoms with Gasteiger partial charge in [0.1, 0.15) is 11.5 Å². The molecule has 0 aliphatic carbocycles. The number of carbonyl (C=O) groups excluding carboxylic acids is 1. The maximum atomic E-state index is 13.1. The van der Waals surface area contributed by atoms with Crippen molar-refractivity contribution in [3.63, 3.8) is 0 Å². The number of nitrogens with zero attached hydrogens (tertiary/aromatic N) is 1. The van der Waals surface area contributed by atoms with E-state index in [1.54, 1.807) is 14.2 Å². The summed E-state index contributed by atoms with van der Waals surface area (Å²) in [7, 11) is 3.31. The number of ether oxygens (including phenoxy) is 2. The van der Waals surface area contributed by atoms with Crippen LogP contribution in [0.2, 0.25) is 0 Å². The first-order valence-electron chi connectivity index (χ1n) is 9.04. The summed E-state index contributed by atoms with van der Waals surface area (Å²) in [6.07, 6.45) is 2.82. The van der Waals surface area contributed by atoms with Gasteiger partial charge in [0.15, 0.2) is 5.78 Å². The van der Waals surface area contributed by atoms with E-state index in [0.29, 0.717) is 12.5 Å². The van der Waals surface area contributed by atoms with Crippen LogP contribution in [-0.4, -0.2) is 37.5 Å². The van der Waals surface area contributed by atoms with Crippen LogP contribution in [0.3, 0.4) is 0 Å². The van der Waals surface area contributed by atoms with Gasteiger partial charge < -0.3 is 14.4 Å². The minimum atomic E-state index is 0.226. The van der Waals surface area contributed by atoms with Crippen molar-refractivity contribution in [2.45, 2.75) is 25.3 Å². The van der Waals surface area contributed by atoms with Gasteiger partial charge in [0.25, 0.3) is 0 Å². The highest BCUT2D eigenvalue weighted by atomic mass is 16.5. The van der Waals surface area contributed by atoms with Crippen LogP contribution in [0.4, 0.5) is 0 Å². The molecule has 0 spiro atoms. The molecule has 0 amide bonds. The molecule has 2 aromatic rings. The van der Waals surface area contributed by atoms with Gasteiger partial charge in [-0.25, -0.2) is 0 Å². The Morgan fingerprint density at radius 1 is 0.885 bits per heavy atom. The highest BCUT2D eigenvalue weighted by molar-refractivity contribution is 6.28. The number of carbonyl (C=O) groups is 1. The third-order valence-electron chi connectivity index (χ3n) is 5.34. The molecular formula is C22H23NO3. The average molecular weight is 349 g/mol. The van der Waals surface area contributed by atoms with Crippen LogP contribution in [0.15, 0.2) is 48.5 Å². The number of benzene rings is 2. The van der Waals surface area contributed by atoms with Crippen LogP contribution in [-0.2, 0) is 4.79 Å². The molecule has 134 valence electrons. The van der Waals surface area contributed by atoms with Crippen molar-refractivity contribution in [3.8, 4) is 11.5 Å². The summed E-state index contributed by atoms with van der Waals surface area (Å²) in [6, 6.07) is 16.1. The molecule has 2 aliphatic heterocycles. The van der Waals surface area contributed by atoms with Gasteiger partial charge in [0.2, 0.25) is 0 Å².